The molecule has 21 heavy (non-hydrogen) atoms. The van der Waals surface area contributed by atoms with Crippen LogP contribution < -0.4 is 5.32 Å². The highest BCUT2D eigenvalue weighted by Crippen LogP contribution is 2.34. The Morgan fingerprint density at radius 2 is 2.10 bits per heavy atom. The molecule has 2 rings (SSSR count). The van der Waals surface area contributed by atoms with Crippen molar-refractivity contribution < 1.29 is 4.92 Å². The highest BCUT2D eigenvalue weighted by molar-refractivity contribution is 7.15. The van der Waals surface area contributed by atoms with Crippen LogP contribution in [-0.2, 0) is 0 Å². The molecule has 1 aromatic heterocycles. The van der Waals surface area contributed by atoms with Crippen molar-refractivity contribution in [2.75, 3.05) is 26.2 Å². The Bertz CT molecular complexity index is 450. The molecule has 120 valence electrons. The average molecular weight is 354 g/mol. The summed E-state index contributed by atoms with van der Waals surface area (Å²) in [5.41, 5.74) is 0. The number of hydrogen-bond acceptors (Lipinski definition) is 5. The number of nitrogens with zero attached hydrogens (tertiary/aromatic N) is 2. The van der Waals surface area contributed by atoms with E-state index in [1.165, 1.54) is 11.3 Å². The van der Waals surface area contributed by atoms with Gasteiger partial charge in [0.25, 0.3) is 0 Å². The molecule has 1 N–H and O–H groups in total. The maximum atomic E-state index is 10.8. The third kappa shape index (κ3) is 5.56. The average Bonchev–Trinajstić information content (AvgIpc) is 2.90. The van der Waals surface area contributed by atoms with E-state index in [-0.39, 0.29) is 40.8 Å². The minimum absolute atomic E-state index is 0. The van der Waals surface area contributed by atoms with Crippen LogP contribution >= 0.6 is 36.2 Å². The topological polar surface area (TPSA) is 58.4 Å². The number of thiophene rings is 1. The van der Waals surface area contributed by atoms with Crippen LogP contribution in [0.2, 0.25) is 0 Å². The quantitative estimate of drug-likeness (QED) is 0.483. The van der Waals surface area contributed by atoms with Crippen molar-refractivity contribution >= 4 is 41.2 Å². The van der Waals surface area contributed by atoms with E-state index in [0.717, 1.165) is 43.9 Å². The van der Waals surface area contributed by atoms with Crippen molar-refractivity contribution in [2.45, 2.75) is 18.9 Å². The van der Waals surface area contributed by atoms with Gasteiger partial charge in [0, 0.05) is 43.2 Å². The number of piperazine rings is 1. The maximum Gasteiger partial charge on any atom is 0.324 e. The van der Waals surface area contributed by atoms with Crippen molar-refractivity contribution in [3.8, 4) is 0 Å². The van der Waals surface area contributed by atoms with Gasteiger partial charge in [-0.05, 0) is 18.9 Å². The molecule has 1 fully saturated rings. The van der Waals surface area contributed by atoms with Crippen LogP contribution in [0.3, 0.4) is 0 Å². The van der Waals surface area contributed by atoms with Gasteiger partial charge in [-0.2, -0.15) is 0 Å². The molecule has 0 saturated carbocycles. The zero-order chi connectivity index (χ0) is 13.7. The lowest BCUT2D eigenvalue weighted by atomic mass is 10.1. The monoisotopic (exact) mass is 353 g/mol. The summed E-state index contributed by atoms with van der Waals surface area (Å²) >= 11 is 1.30. The number of allylic oxidation sites excluding steroid dienone is 1. The molecule has 0 aromatic carbocycles. The van der Waals surface area contributed by atoms with Gasteiger partial charge in [-0.1, -0.05) is 17.4 Å². The van der Waals surface area contributed by atoms with Crippen LogP contribution in [0.25, 0.3) is 0 Å². The predicted octanol–water partition coefficient (Wildman–Crippen LogP) is 3.41. The summed E-state index contributed by atoms with van der Waals surface area (Å²) in [6, 6.07) is 3.79. The summed E-state index contributed by atoms with van der Waals surface area (Å²) in [6.07, 6.45) is 3.82. The molecule has 8 heteroatoms. The number of halogens is 2. The van der Waals surface area contributed by atoms with Gasteiger partial charge in [-0.3, -0.25) is 15.0 Å². The highest BCUT2D eigenvalue weighted by Gasteiger charge is 2.24. The summed E-state index contributed by atoms with van der Waals surface area (Å²) in [5, 5.41) is 14.4. The summed E-state index contributed by atoms with van der Waals surface area (Å²) in [7, 11) is 0. The van der Waals surface area contributed by atoms with Crippen molar-refractivity contribution in [1.29, 1.82) is 0 Å². The highest BCUT2D eigenvalue weighted by atomic mass is 35.5. The second-order valence-corrected chi connectivity index (χ2v) is 5.69. The first kappa shape index (κ1) is 20.3. The lowest BCUT2D eigenvalue weighted by Gasteiger charge is -2.34. The summed E-state index contributed by atoms with van der Waals surface area (Å²) in [5.74, 6) is 0. The normalized spacial score (nSPS) is 16.4. The van der Waals surface area contributed by atoms with Gasteiger partial charge in [0.05, 0.1) is 4.92 Å². The summed E-state index contributed by atoms with van der Waals surface area (Å²) in [6.45, 7) is 7.72. The van der Waals surface area contributed by atoms with Crippen LogP contribution in [0.5, 0.6) is 0 Å². The molecule has 1 aliphatic rings. The molecule has 1 aromatic rings. The van der Waals surface area contributed by atoms with E-state index in [0.29, 0.717) is 0 Å². The van der Waals surface area contributed by atoms with Crippen LogP contribution in [0.15, 0.2) is 24.8 Å². The maximum absolute atomic E-state index is 10.8. The van der Waals surface area contributed by atoms with Crippen LogP contribution in [-0.4, -0.2) is 36.0 Å². The second kappa shape index (κ2) is 10.1. The Morgan fingerprint density at radius 1 is 1.43 bits per heavy atom. The van der Waals surface area contributed by atoms with Gasteiger partial charge < -0.3 is 5.32 Å². The fourth-order valence-electron chi connectivity index (χ4n) is 2.39. The van der Waals surface area contributed by atoms with E-state index in [1.807, 2.05) is 12.1 Å². The number of nitrogens with one attached hydrogen (secondary N) is 1. The fourth-order valence-corrected chi connectivity index (χ4v) is 3.38. The lowest BCUT2D eigenvalue weighted by molar-refractivity contribution is -0.380. The number of nitro groups is 1. The van der Waals surface area contributed by atoms with E-state index >= 15 is 0 Å². The lowest BCUT2D eigenvalue weighted by Crippen LogP contribution is -2.45. The van der Waals surface area contributed by atoms with Crippen molar-refractivity contribution in [3.05, 3.63) is 39.8 Å². The van der Waals surface area contributed by atoms with Gasteiger partial charge in [-0.15, -0.1) is 31.4 Å². The third-order valence-electron chi connectivity index (χ3n) is 3.36. The zero-order valence-corrected chi connectivity index (χ0v) is 14.1. The zero-order valence-electron chi connectivity index (χ0n) is 11.7. The van der Waals surface area contributed by atoms with Gasteiger partial charge in [0.15, 0.2) is 0 Å². The Morgan fingerprint density at radius 3 is 2.62 bits per heavy atom. The minimum Gasteiger partial charge on any atom is -0.314 e. The number of rotatable bonds is 6. The first-order chi connectivity index (χ1) is 9.22. The molecule has 0 unspecified atom stereocenters. The largest absolute Gasteiger partial charge is 0.324 e. The smallest absolute Gasteiger partial charge is 0.314 e. The molecule has 5 nitrogen and oxygen atoms in total. The molecule has 2 heterocycles. The van der Waals surface area contributed by atoms with Gasteiger partial charge in [0.1, 0.15) is 0 Å². The SMILES string of the molecule is C=CCC[C@H](c1ccc([N+](=O)[O-])s1)N1CCNCC1.Cl.Cl. The molecule has 1 saturated heterocycles. The van der Waals surface area contributed by atoms with E-state index in [1.54, 1.807) is 6.07 Å². The molecule has 0 spiro atoms. The fraction of sp³-hybridized carbons (Fsp3) is 0.538. The molecule has 0 amide bonds. The van der Waals surface area contributed by atoms with E-state index in [4.69, 9.17) is 0 Å². The Labute approximate surface area is 141 Å². The van der Waals surface area contributed by atoms with Crippen molar-refractivity contribution in [2.24, 2.45) is 0 Å². The van der Waals surface area contributed by atoms with Crippen LogP contribution in [0, 0.1) is 10.1 Å². The molecule has 0 bridgehead atoms. The van der Waals surface area contributed by atoms with Crippen LogP contribution in [0.4, 0.5) is 5.00 Å². The summed E-state index contributed by atoms with van der Waals surface area (Å²) < 4.78 is 0. The standard InChI is InChI=1S/C13H19N3O2S.2ClH/c1-2-3-4-11(15-9-7-14-8-10-15)12-5-6-13(19-12)16(17)18;;/h2,5-6,11,14H,1,3-4,7-10H2;2*1H/t11-;;/m1../s1. The third-order valence-corrected chi connectivity index (χ3v) is 4.50. The first-order valence-corrected chi connectivity index (χ1v) is 7.34. The second-order valence-electron chi connectivity index (χ2n) is 4.60. The molecule has 0 radical (unpaired) electrons. The summed E-state index contributed by atoms with van der Waals surface area (Å²) in [4.78, 5) is 14.0. The van der Waals surface area contributed by atoms with Crippen molar-refractivity contribution in [1.82, 2.24) is 10.2 Å². The van der Waals surface area contributed by atoms with E-state index in [9.17, 15) is 10.1 Å². The Balaban J connectivity index is 0.00000200. The van der Waals surface area contributed by atoms with Gasteiger partial charge >= 0.3 is 5.00 Å². The Hall–Kier alpha value is -0.660. The van der Waals surface area contributed by atoms with Gasteiger partial charge in [-0.25, -0.2) is 0 Å². The van der Waals surface area contributed by atoms with E-state index in [2.05, 4.69) is 16.8 Å². The molecule has 0 aliphatic carbocycles. The molecule has 1 aliphatic heterocycles. The van der Waals surface area contributed by atoms with Crippen LogP contribution in [0.1, 0.15) is 23.8 Å². The minimum atomic E-state index is -0.309. The first-order valence-electron chi connectivity index (χ1n) is 6.52. The predicted molar refractivity (Wildman–Crippen MR) is 92.1 cm³/mol. The molecule has 1 atom stereocenters. The van der Waals surface area contributed by atoms with Crippen molar-refractivity contribution in [3.63, 3.8) is 0 Å². The van der Waals surface area contributed by atoms with Gasteiger partial charge in [0.2, 0.25) is 0 Å². The Kier molecular flexibility index (Phi) is 9.81. The molecular formula is C13H21Cl2N3O2S. The molecular weight excluding hydrogens is 333 g/mol. The number of hydrogen-bond donors (Lipinski definition) is 1. The van der Waals surface area contributed by atoms with E-state index < -0.39 is 0 Å².